The zero-order valence-electron chi connectivity index (χ0n) is 11.1. The van der Waals surface area contributed by atoms with E-state index < -0.39 is 0 Å². The summed E-state index contributed by atoms with van der Waals surface area (Å²) >= 11 is 0. The number of amides is 1. The number of aromatic amines is 1. The number of fused-ring (bicyclic) bond motifs is 1. The van der Waals surface area contributed by atoms with Crippen LogP contribution in [0.4, 0.5) is 4.39 Å². The van der Waals surface area contributed by atoms with Crippen molar-refractivity contribution in [1.29, 1.82) is 0 Å². The minimum absolute atomic E-state index is 0.178. The van der Waals surface area contributed by atoms with Gasteiger partial charge in [-0.3, -0.25) is 4.79 Å². The lowest BCUT2D eigenvalue weighted by molar-refractivity contribution is 0.0945. The molecular weight excluding hydrogens is 243 g/mol. The Bertz CT molecular complexity index is 630. The maximum atomic E-state index is 13.2. The molecule has 1 amide bonds. The van der Waals surface area contributed by atoms with Crippen molar-refractivity contribution in [3.05, 3.63) is 47.9 Å². The summed E-state index contributed by atoms with van der Waals surface area (Å²) in [5.41, 5.74) is 2.01. The smallest absolute Gasteiger partial charge is 0.268 e. The molecule has 1 unspecified atom stereocenters. The van der Waals surface area contributed by atoms with Crippen LogP contribution in [0.1, 0.15) is 23.0 Å². The van der Waals surface area contributed by atoms with Gasteiger partial charge in [-0.15, -0.1) is 6.58 Å². The van der Waals surface area contributed by atoms with E-state index in [-0.39, 0.29) is 17.6 Å². The monoisotopic (exact) mass is 260 g/mol. The second kappa shape index (κ2) is 5.26. The lowest BCUT2D eigenvalue weighted by atomic mass is 10.1. The number of aromatic nitrogens is 1. The number of hydrogen-bond acceptors (Lipinski definition) is 1. The van der Waals surface area contributed by atoms with E-state index in [0.717, 1.165) is 16.5 Å². The molecule has 3 nitrogen and oxygen atoms in total. The zero-order chi connectivity index (χ0) is 14.0. The molecule has 0 aliphatic rings. The first-order valence-corrected chi connectivity index (χ1v) is 6.21. The summed E-state index contributed by atoms with van der Waals surface area (Å²) in [7, 11) is 0. The van der Waals surface area contributed by atoms with E-state index in [4.69, 9.17) is 0 Å². The number of hydrogen-bond donors (Lipinski definition) is 2. The van der Waals surface area contributed by atoms with Gasteiger partial charge in [-0.05, 0) is 36.6 Å². The van der Waals surface area contributed by atoms with Gasteiger partial charge < -0.3 is 10.3 Å². The molecule has 2 rings (SSSR count). The average molecular weight is 260 g/mol. The van der Waals surface area contributed by atoms with E-state index in [2.05, 4.69) is 16.9 Å². The van der Waals surface area contributed by atoms with Gasteiger partial charge in [-0.2, -0.15) is 0 Å². The molecule has 4 heteroatoms. The maximum absolute atomic E-state index is 13.2. The number of aryl methyl sites for hydroxylation is 1. The van der Waals surface area contributed by atoms with E-state index in [1.165, 1.54) is 12.1 Å². The van der Waals surface area contributed by atoms with Crippen LogP contribution < -0.4 is 5.32 Å². The Morgan fingerprint density at radius 2 is 2.32 bits per heavy atom. The number of carbonyl (C=O) groups excluding carboxylic acids is 1. The molecule has 1 aromatic carbocycles. The first-order valence-electron chi connectivity index (χ1n) is 6.21. The van der Waals surface area contributed by atoms with E-state index in [1.54, 1.807) is 12.1 Å². The van der Waals surface area contributed by atoms with Crippen molar-refractivity contribution in [2.75, 3.05) is 6.54 Å². The minimum Gasteiger partial charge on any atom is -0.350 e. The van der Waals surface area contributed by atoms with Crippen molar-refractivity contribution in [2.24, 2.45) is 5.92 Å². The van der Waals surface area contributed by atoms with Gasteiger partial charge in [0, 0.05) is 17.4 Å². The van der Waals surface area contributed by atoms with Crippen molar-refractivity contribution < 1.29 is 9.18 Å². The zero-order valence-corrected chi connectivity index (χ0v) is 11.1. The van der Waals surface area contributed by atoms with Crippen LogP contribution >= 0.6 is 0 Å². The van der Waals surface area contributed by atoms with E-state index in [0.29, 0.717) is 12.2 Å². The summed E-state index contributed by atoms with van der Waals surface area (Å²) in [5.74, 6) is -0.268. The van der Waals surface area contributed by atoms with Crippen molar-refractivity contribution in [3.63, 3.8) is 0 Å². The van der Waals surface area contributed by atoms with Crippen LogP contribution in [-0.4, -0.2) is 17.4 Å². The second-order valence-corrected chi connectivity index (χ2v) is 4.74. The third-order valence-electron chi connectivity index (χ3n) is 3.23. The fraction of sp³-hybridized carbons (Fsp3) is 0.267. The summed E-state index contributed by atoms with van der Waals surface area (Å²) in [5, 5.41) is 3.57. The number of nitrogens with one attached hydrogen (secondary N) is 2. The molecule has 0 bridgehead atoms. The number of halogens is 1. The number of H-pyrrole nitrogens is 1. The fourth-order valence-corrected chi connectivity index (χ4v) is 1.95. The Morgan fingerprint density at radius 3 is 3.00 bits per heavy atom. The third kappa shape index (κ3) is 2.67. The molecule has 2 N–H and O–H groups in total. The van der Waals surface area contributed by atoms with Gasteiger partial charge in [0.05, 0.1) is 0 Å². The van der Waals surface area contributed by atoms with Crippen LogP contribution in [-0.2, 0) is 0 Å². The quantitative estimate of drug-likeness (QED) is 0.815. The molecule has 0 saturated heterocycles. The highest BCUT2D eigenvalue weighted by molar-refractivity contribution is 6.00. The molecule has 0 fully saturated rings. The van der Waals surface area contributed by atoms with Gasteiger partial charge >= 0.3 is 0 Å². The molecule has 1 heterocycles. The molecule has 1 aromatic heterocycles. The topological polar surface area (TPSA) is 44.9 Å². The number of rotatable bonds is 4. The largest absolute Gasteiger partial charge is 0.350 e. The molecular formula is C15H17FN2O. The van der Waals surface area contributed by atoms with Gasteiger partial charge in [0.1, 0.15) is 11.5 Å². The summed E-state index contributed by atoms with van der Waals surface area (Å²) in [4.78, 5) is 15.1. The lowest BCUT2D eigenvalue weighted by Gasteiger charge is -2.07. The summed E-state index contributed by atoms with van der Waals surface area (Å²) in [6.45, 7) is 7.99. The predicted octanol–water partition coefficient (Wildman–Crippen LogP) is 3.17. The molecule has 0 aliphatic heterocycles. The number of carbonyl (C=O) groups is 1. The Kier molecular flexibility index (Phi) is 3.69. The fourth-order valence-electron chi connectivity index (χ4n) is 1.95. The molecule has 19 heavy (non-hydrogen) atoms. The van der Waals surface area contributed by atoms with Crippen LogP contribution in [0, 0.1) is 18.7 Å². The van der Waals surface area contributed by atoms with Crippen molar-refractivity contribution in [2.45, 2.75) is 13.8 Å². The summed E-state index contributed by atoms with van der Waals surface area (Å²) in [6, 6.07) is 4.45. The normalized spacial score (nSPS) is 12.4. The van der Waals surface area contributed by atoms with E-state index in [1.807, 2.05) is 13.8 Å². The van der Waals surface area contributed by atoms with Crippen LogP contribution in [0.25, 0.3) is 10.9 Å². The van der Waals surface area contributed by atoms with Gasteiger partial charge in [0.25, 0.3) is 5.91 Å². The Balaban J connectivity index is 2.27. The molecule has 0 aliphatic carbocycles. The molecule has 100 valence electrons. The summed E-state index contributed by atoms with van der Waals surface area (Å²) < 4.78 is 13.2. The highest BCUT2D eigenvalue weighted by Crippen LogP contribution is 2.22. The highest BCUT2D eigenvalue weighted by Gasteiger charge is 2.15. The first-order chi connectivity index (χ1) is 9.02. The van der Waals surface area contributed by atoms with Gasteiger partial charge in [0.2, 0.25) is 0 Å². The van der Waals surface area contributed by atoms with Crippen molar-refractivity contribution in [1.82, 2.24) is 10.3 Å². The molecule has 0 radical (unpaired) electrons. The van der Waals surface area contributed by atoms with Crippen molar-refractivity contribution >= 4 is 16.8 Å². The van der Waals surface area contributed by atoms with E-state index in [9.17, 15) is 9.18 Å². The third-order valence-corrected chi connectivity index (χ3v) is 3.23. The Labute approximate surface area is 111 Å². The number of benzene rings is 1. The highest BCUT2D eigenvalue weighted by atomic mass is 19.1. The SMILES string of the molecule is C=CC(C)CNC(=O)c1[nH]c2ccc(F)cc2c1C. The van der Waals surface area contributed by atoms with Crippen LogP contribution in [0.5, 0.6) is 0 Å². The molecule has 0 saturated carbocycles. The lowest BCUT2D eigenvalue weighted by Crippen LogP contribution is -2.28. The Hall–Kier alpha value is -2.10. The van der Waals surface area contributed by atoms with Gasteiger partial charge in [0.15, 0.2) is 0 Å². The molecule has 2 aromatic rings. The van der Waals surface area contributed by atoms with Crippen LogP contribution in [0.2, 0.25) is 0 Å². The average Bonchev–Trinajstić information content (AvgIpc) is 2.73. The standard InChI is InChI=1S/C15H17FN2O/c1-4-9(2)8-17-15(19)14-10(3)12-7-11(16)5-6-13(12)18-14/h4-7,9,18H,1,8H2,2-3H3,(H,17,19). The van der Waals surface area contributed by atoms with Gasteiger partial charge in [-0.25, -0.2) is 4.39 Å². The minimum atomic E-state index is -0.304. The predicted molar refractivity (Wildman–Crippen MR) is 74.7 cm³/mol. The first kappa shape index (κ1) is 13.3. The van der Waals surface area contributed by atoms with Crippen LogP contribution in [0.3, 0.4) is 0 Å². The maximum Gasteiger partial charge on any atom is 0.268 e. The second-order valence-electron chi connectivity index (χ2n) is 4.74. The Morgan fingerprint density at radius 1 is 1.58 bits per heavy atom. The summed E-state index contributed by atoms with van der Waals surface area (Å²) in [6.07, 6.45) is 1.79. The van der Waals surface area contributed by atoms with Gasteiger partial charge in [-0.1, -0.05) is 13.0 Å². The van der Waals surface area contributed by atoms with E-state index >= 15 is 0 Å². The molecule has 0 spiro atoms. The molecule has 1 atom stereocenters. The van der Waals surface area contributed by atoms with Crippen LogP contribution in [0.15, 0.2) is 30.9 Å². The van der Waals surface area contributed by atoms with Crippen molar-refractivity contribution in [3.8, 4) is 0 Å².